The molecule has 0 fully saturated rings. The molecular weight excluding hydrogens is 549 g/mol. The summed E-state index contributed by atoms with van der Waals surface area (Å²) in [6, 6.07) is 14.6. The fraction of sp³-hybridized carbons (Fsp3) is 0.333. The average molecular weight is 579 g/mol. The van der Waals surface area contributed by atoms with Gasteiger partial charge in [-0.25, -0.2) is 13.2 Å². The van der Waals surface area contributed by atoms with E-state index in [9.17, 15) is 13.2 Å². The molecule has 0 aliphatic heterocycles. The molecule has 1 amide bonds. The van der Waals surface area contributed by atoms with Gasteiger partial charge in [0.25, 0.3) is 0 Å². The van der Waals surface area contributed by atoms with Crippen LogP contribution >= 0.6 is 23.2 Å². The summed E-state index contributed by atoms with van der Waals surface area (Å²) in [4.78, 5) is 16.3. The van der Waals surface area contributed by atoms with Crippen LogP contribution in [-0.4, -0.2) is 45.3 Å². The van der Waals surface area contributed by atoms with Gasteiger partial charge in [-0.2, -0.15) is 0 Å². The highest BCUT2D eigenvalue weighted by molar-refractivity contribution is 7.74. The quantitative estimate of drug-likeness (QED) is 0.322. The number of ether oxygens (including phenoxy) is 2. The van der Waals surface area contributed by atoms with E-state index in [0.29, 0.717) is 27.9 Å². The summed E-state index contributed by atoms with van der Waals surface area (Å²) in [5.74, 6) is 0.555. The van der Waals surface area contributed by atoms with Crippen molar-refractivity contribution in [2.75, 3.05) is 24.1 Å². The molecule has 0 radical (unpaired) electrons. The van der Waals surface area contributed by atoms with Gasteiger partial charge in [0.2, 0.25) is 10.9 Å². The largest absolute Gasteiger partial charge is 0.492 e. The number of benzene rings is 2. The van der Waals surface area contributed by atoms with E-state index >= 15 is 0 Å². The van der Waals surface area contributed by atoms with Gasteiger partial charge in [-0.1, -0.05) is 35.3 Å². The van der Waals surface area contributed by atoms with Crippen LogP contribution in [0.2, 0.25) is 10.0 Å². The molecule has 8 nitrogen and oxygen atoms in total. The van der Waals surface area contributed by atoms with Gasteiger partial charge in [0.15, 0.2) is 0 Å². The van der Waals surface area contributed by atoms with Crippen LogP contribution < -0.4 is 14.4 Å². The number of halogens is 2. The Balaban J connectivity index is 1.55. The van der Waals surface area contributed by atoms with Gasteiger partial charge in [0.05, 0.1) is 35.1 Å². The Morgan fingerprint density at radius 2 is 2.00 bits per heavy atom. The molecule has 0 bridgehead atoms. The topological polar surface area (TPSA) is 97.8 Å². The number of hydrogen-bond donors (Lipinski definition) is 2. The van der Waals surface area contributed by atoms with Gasteiger partial charge in [-0.05, 0) is 79.3 Å². The number of rotatable bonds is 10. The standard InChI is InChI=1S/C27H29Cl2N3O5S/c1-2-36-27(33)31-26-10-7-19-6-8-21(37-13-12-32(38(34)35)20-4-3-11-30-17-20)16-22(19)23(26)14-18-5-9-24(28)25(29)15-18/h3-6,8-9,11,15-17,23,26,38H,2,7,10,12-14H2,1H3,(H,31,33). The minimum atomic E-state index is -2.85. The van der Waals surface area contributed by atoms with E-state index in [4.69, 9.17) is 32.7 Å². The third kappa shape index (κ3) is 7.09. The molecule has 1 aliphatic carbocycles. The van der Waals surface area contributed by atoms with Gasteiger partial charge in [-0.15, -0.1) is 0 Å². The summed E-state index contributed by atoms with van der Waals surface area (Å²) >= 11 is 12.4. The fourth-order valence-corrected chi connectivity index (χ4v) is 5.57. The highest BCUT2D eigenvalue weighted by atomic mass is 35.5. The number of carbonyl (C=O) groups is 1. The molecule has 1 aromatic heterocycles. The molecule has 1 N–H and O–H groups in total. The van der Waals surface area contributed by atoms with Crippen molar-refractivity contribution in [2.24, 2.45) is 0 Å². The van der Waals surface area contributed by atoms with Crippen molar-refractivity contribution in [2.45, 2.75) is 38.1 Å². The molecule has 2 unspecified atom stereocenters. The average Bonchev–Trinajstić information content (AvgIpc) is 2.90. The van der Waals surface area contributed by atoms with Crippen molar-refractivity contribution in [1.82, 2.24) is 10.3 Å². The van der Waals surface area contributed by atoms with Gasteiger partial charge in [-0.3, -0.25) is 9.29 Å². The highest BCUT2D eigenvalue weighted by Crippen LogP contribution is 2.37. The second-order valence-corrected chi connectivity index (χ2v) is 10.6. The van der Waals surface area contributed by atoms with E-state index in [1.165, 1.54) is 16.1 Å². The number of alkyl carbamates (subject to hydrolysis) is 1. The minimum Gasteiger partial charge on any atom is -0.492 e. The maximum Gasteiger partial charge on any atom is 0.407 e. The van der Waals surface area contributed by atoms with Crippen molar-refractivity contribution in [3.05, 3.63) is 87.7 Å². The highest BCUT2D eigenvalue weighted by Gasteiger charge is 2.32. The molecule has 2 aromatic carbocycles. The number of aryl methyl sites for hydroxylation is 1. The minimum absolute atomic E-state index is 0.0630. The number of nitrogens with zero attached hydrogens (tertiary/aromatic N) is 2. The van der Waals surface area contributed by atoms with Gasteiger partial charge in [0.1, 0.15) is 12.4 Å². The predicted molar refractivity (Wildman–Crippen MR) is 149 cm³/mol. The SMILES string of the molecule is CCOC(=O)NC1CCc2ccc(OCCN(c3cccnc3)[SH](=O)=O)cc2C1Cc1ccc(Cl)c(Cl)c1. The number of hydrogen-bond acceptors (Lipinski definition) is 6. The van der Waals surface area contributed by atoms with Crippen LogP contribution in [0.3, 0.4) is 0 Å². The first-order valence-electron chi connectivity index (χ1n) is 12.3. The third-order valence-electron chi connectivity index (χ3n) is 6.46. The van der Waals surface area contributed by atoms with E-state index in [1.54, 1.807) is 31.3 Å². The Morgan fingerprint density at radius 1 is 1.16 bits per heavy atom. The molecule has 1 heterocycles. The van der Waals surface area contributed by atoms with Crippen LogP contribution in [0.4, 0.5) is 10.5 Å². The van der Waals surface area contributed by atoms with Gasteiger partial charge < -0.3 is 14.8 Å². The summed E-state index contributed by atoms with van der Waals surface area (Å²) in [5, 5.41) is 3.98. The van der Waals surface area contributed by atoms with E-state index in [0.717, 1.165) is 24.0 Å². The third-order valence-corrected chi connectivity index (χ3v) is 8.02. The summed E-state index contributed by atoms with van der Waals surface area (Å²) in [6.07, 6.45) is 4.80. The summed E-state index contributed by atoms with van der Waals surface area (Å²) in [7, 11) is -2.85. The molecule has 3 aromatic rings. The maximum absolute atomic E-state index is 12.3. The fourth-order valence-electron chi connectivity index (χ4n) is 4.70. The summed E-state index contributed by atoms with van der Waals surface area (Å²) in [6.45, 7) is 2.35. The lowest BCUT2D eigenvalue weighted by Crippen LogP contribution is -2.43. The van der Waals surface area contributed by atoms with E-state index in [1.807, 2.05) is 30.3 Å². The number of pyridine rings is 1. The molecule has 1 aliphatic rings. The van der Waals surface area contributed by atoms with E-state index in [-0.39, 0.29) is 31.7 Å². The van der Waals surface area contributed by atoms with Crippen molar-refractivity contribution < 1.29 is 22.7 Å². The molecule has 11 heteroatoms. The molecule has 2 atom stereocenters. The molecule has 0 saturated heterocycles. The Labute approximate surface area is 234 Å². The zero-order chi connectivity index (χ0) is 27.1. The van der Waals surface area contributed by atoms with E-state index < -0.39 is 17.0 Å². The van der Waals surface area contributed by atoms with Crippen LogP contribution in [0.25, 0.3) is 0 Å². The number of amides is 1. The second kappa shape index (κ2) is 13.2. The first-order chi connectivity index (χ1) is 18.4. The molecule has 38 heavy (non-hydrogen) atoms. The lowest BCUT2D eigenvalue weighted by atomic mass is 9.76. The Morgan fingerprint density at radius 3 is 2.71 bits per heavy atom. The normalized spacial score (nSPS) is 16.5. The first-order valence-corrected chi connectivity index (χ1v) is 14.2. The van der Waals surface area contributed by atoms with E-state index in [2.05, 4.69) is 10.3 Å². The van der Waals surface area contributed by atoms with Crippen molar-refractivity contribution in [3.63, 3.8) is 0 Å². The number of fused-ring (bicyclic) bond motifs is 1. The first kappa shape index (κ1) is 28.0. The van der Waals surface area contributed by atoms with Crippen LogP contribution in [0.5, 0.6) is 5.75 Å². The summed E-state index contributed by atoms with van der Waals surface area (Å²) in [5.41, 5.74) is 3.70. The van der Waals surface area contributed by atoms with Crippen molar-refractivity contribution in [3.8, 4) is 5.75 Å². The van der Waals surface area contributed by atoms with Gasteiger partial charge in [0, 0.05) is 18.2 Å². The van der Waals surface area contributed by atoms with Crippen molar-refractivity contribution in [1.29, 1.82) is 0 Å². The summed E-state index contributed by atoms with van der Waals surface area (Å²) < 4.78 is 35.9. The zero-order valence-electron chi connectivity index (χ0n) is 20.8. The van der Waals surface area contributed by atoms with Crippen LogP contribution in [0.1, 0.15) is 36.0 Å². The lowest BCUT2D eigenvalue weighted by Gasteiger charge is -2.34. The Hall–Kier alpha value is -3.01. The van der Waals surface area contributed by atoms with Crippen LogP contribution in [0, 0.1) is 0 Å². The lowest BCUT2D eigenvalue weighted by molar-refractivity contribution is 0.144. The zero-order valence-corrected chi connectivity index (χ0v) is 23.2. The predicted octanol–water partition coefficient (Wildman–Crippen LogP) is 5.19. The second-order valence-electron chi connectivity index (χ2n) is 8.85. The number of aromatic nitrogens is 1. The number of thiol groups is 1. The monoisotopic (exact) mass is 577 g/mol. The number of anilines is 1. The van der Waals surface area contributed by atoms with Crippen LogP contribution in [0.15, 0.2) is 60.9 Å². The van der Waals surface area contributed by atoms with Crippen molar-refractivity contribution >= 4 is 45.9 Å². The molecule has 0 saturated carbocycles. The molecular formula is C27H29Cl2N3O5S. The molecule has 0 spiro atoms. The smallest absolute Gasteiger partial charge is 0.407 e. The van der Waals surface area contributed by atoms with Gasteiger partial charge >= 0.3 is 6.09 Å². The van der Waals surface area contributed by atoms with Crippen LogP contribution in [-0.2, 0) is 28.5 Å². The number of nitrogens with one attached hydrogen (secondary N) is 1. The molecule has 4 rings (SSSR count). The molecule has 202 valence electrons. The number of carbonyl (C=O) groups excluding carboxylic acids is 1. The Kier molecular flexibility index (Phi) is 9.71. The maximum atomic E-state index is 12.3. The Bertz CT molecular complexity index is 1330.